The van der Waals surface area contributed by atoms with Gasteiger partial charge in [-0.05, 0) is 31.0 Å². The zero-order chi connectivity index (χ0) is 12.7. The van der Waals surface area contributed by atoms with Crippen molar-refractivity contribution in [2.75, 3.05) is 6.61 Å². The Morgan fingerprint density at radius 3 is 2.71 bits per heavy atom. The summed E-state index contributed by atoms with van der Waals surface area (Å²) in [5.41, 5.74) is 0.368. The van der Waals surface area contributed by atoms with Crippen LogP contribution >= 0.6 is 0 Å². The molecule has 2 nitrogen and oxygen atoms in total. The molecule has 0 fully saturated rings. The molecule has 3 heteroatoms. The fourth-order valence-electron chi connectivity index (χ4n) is 1.53. The van der Waals surface area contributed by atoms with Crippen molar-refractivity contribution in [1.29, 1.82) is 0 Å². The number of hydrogen-bond donors (Lipinski definition) is 0. The first-order chi connectivity index (χ1) is 8.19. The number of ether oxygens (including phenoxy) is 1. The highest BCUT2D eigenvalue weighted by Crippen LogP contribution is 2.22. The molecule has 0 unspecified atom stereocenters. The van der Waals surface area contributed by atoms with Crippen LogP contribution in [0.1, 0.15) is 49.9 Å². The van der Waals surface area contributed by atoms with E-state index in [-0.39, 0.29) is 5.78 Å². The summed E-state index contributed by atoms with van der Waals surface area (Å²) in [7, 11) is 0. The van der Waals surface area contributed by atoms with Gasteiger partial charge in [-0.25, -0.2) is 4.39 Å². The second kappa shape index (κ2) is 7.05. The van der Waals surface area contributed by atoms with Gasteiger partial charge in [0.2, 0.25) is 0 Å². The van der Waals surface area contributed by atoms with Crippen molar-refractivity contribution in [3.63, 3.8) is 0 Å². The topological polar surface area (TPSA) is 26.3 Å². The first-order valence-corrected chi connectivity index (χ1v) is 6.14. The summed E-state index contributed by atoms with van der Waals surface area (Å²) in [4.78, 5) is 11.9. The zero-order valence-electron chi connectivity index (χ0n) is 10.5. The summed E-state index contributed by atoms with van der Waals surface area (Å²) >= 11 is 0. The van der Waals surface area contributed by atoms with E-state index in [1.807, 2.05) is 13.8 Å². The van der Waals surface area contributed by atoms with Crippen molar-refractivity contribution >= 4 is 5.78 Å². The Kier molecular flexibility index (Phi) is 5.67. The molecule has 0 radical (unpaired) electrons. The minimum atomic E-state index is -0.395. The molecular formula is C14H19FO2. The normalized spacial score (nSPS) is 10.3. The first-order valence-electron chi connectivity index (χ1n) is 6.14. The van der Waals surface area contributed by atoms with E-state index in [0.29, 0.717) is 24.3 Å². The second-order valence-electron chi connectivity index (χ2n) is 4.02. The average molecular weight is 238 g/mol. The smallest absolute Gasteiger partial charge is 0.166 e. The van der Waals surface area contributed by atoms with Crippen molar-refractivity contribution in [3.8, 4) is 5.75 Å². The van der Waals surface area contributed by atoms with Gasteiger partial charge < -0.3 is 4.74 Å². The summed E-state index contributed by atoms with van der Waals surface area (Å²) in [6, 6.07) is 4.12. The molecule has 0 aliphatic rings. The molecule has 0 heterocycles. The number of ketones is 1. The van der Waals surface area contributed by atoms with Crippen LogP contribution < -0.4 is 4.74 Å². The Labute approximate surface area is 102 Å². The molecule has 0 saturated carbocycles. The molecule has 0 spiro atoms. The third-order valence-electron chi connectivity index (χ3n) is 2.46. The molecule has 1 aromatic rings. The lowest BCUT2D eigenvalue weighted by Crippen LogP contribution is -2.05. The number of halogens is 1. The molecule has 1 aromatic carbocycles. The Bertz CT molecular complexity index is 374. The van der Waals surface area contributed by atoms with Crippen LogP contribution in [0.4, 0.5) is 4.39 Å². The summed E-state index contributed by atoms with van der Waals surface area (Å²) in [6.07, 6.45) is 3.08. The van der Waals surface area contributed by atoms with E-state index >= 15 is 0 Å². The second-order valence-corrected chi connectivity index (χ2v) is 4.02. The summed E-state index contributed by atoms with van der Waals surface area (Å²) in [5, 5.41) is 0. The Hall–Kier alpha value is -1.38. The Morgan fingerprint density at radius 2 is 2.06 bits per heavy atom. The van der Waals surface area contributed by atoms with Gasteiger partial charge in [0.25, 0.3) is 0 Å². The molecule has 0 amide bonds. The van der Waals surface area contributed by atoms with E-state index < -0.39 is 5.82 Å². The predicted octanol–water partition coefficient (Wildman–Crippen LogP) is 3.99. The lowest BCUT2D eigenvalue weighted by atomic mass is 10.0. The minimum absolute atomic E-state index is 0.0440. The van der Waals surface area contributed by atoms with Crippen LogP contribution in [0.3, 0.4) is 0 Å². The third kappa shape index (κ3) is 4.17. The largest absolute Gasteiger partial charge is 0.493 e. The first kappa shape index (κ1) is 13.7. The van der Waals surface area contributed by atoms with Crippen molar-refractivity contribution in [2.24, 2.45) is 0 Å². The van der Waals surface area contributed by atoms with Crippen LogP contribution in [0.15, 0.2) is 18.2 Å². The molecule has 0 aliphatic heterocycles. The van der Waals surface area contributed by atoms with E-state index in [0.717, 1.165) is 19.3 Å². The van der Waals surface area contributed by atoms with Crippen LogP contribution in [-0.2, 0) is 0 Å². The highest BCUT2D eigenvalue weighted by atomic mass is 19.1. The van der Waals surface area contributed by atoms with Crippen molar-refractivity contribution in [2.45, 2.75) is 39.5 Å². The number of carbonyl (C=O) groups excluding carboxylic acids is 1. The lowest BCUT2D eigenvalue weighted by molar-refractivity contribution is 0.0975. The lowest BCUT2D eigenvalue weighted by Gasteiger charge is -2.10. The summed E-state index contributed by atoms with van der Waals surface area (Å²) in [5.74, 6) is 0.0560. The number of hydrogen-bond acceptors (Lipinski definition) is 2. The fourth-order valence-corrected chi connectivity index (χ4v) is 1.53. The molecule has 0 N–H and O–H groups in total. The molecule has 0 bridgehead atoms. The molecule has 1 rings (SSSR count). The van der Waals surface area contributed by atoms with Crippen LogP contribution in [0.2, 0.25) is 0 Å². The summed E-state index contributed by atoms with van der Waals surface area (Å²) in [6.45, 7) is 4.55. The third-order valence-corrected chi connectivity index (χ3v) is 2.46. The van der Waals surface area contributed by atoms with E-state index in [1.165, 1.54) is 18.2 Å². The van der Waals surface area contributed by atoms with Crippen LogP contribution in [0.5, 0.6) is 5.75 Å². The van der Waals surface area contributed by atoms with Gasteiger partial charge in [0.15, 0.2) is 5.78 Å². The zero-order valence-corrected chi connectivity index (χ0v) is 10.5. The van der Waals surface area contributed by atoms with E-state index in [1.54, 1.807) is 0 Å². The maximum atomic E-state index is 13.1. The van der Waals surface area contributed by atoms with Crippen molar-refractivity contribution < 1.29 is 13.9 Å². The fraction of sp³-hybridized carbons (Fsp3) is 0.500. The number of Topliss-reactive ketones (excluding diaryl/α,β-unsaturated/α-hetero) is 1. The number of carbonyl (C=O) groups is 1. The van der Waals surface area contributed by atoms with Gasteiger partial charge in [-0.2, -0.15) is 0 Å². The molecule has 94 valence electrons. The van der Waals surface area contributed by atoms with Gasteiger partial charge in [0.05, 0.1) is 12.2 Å². The van der Waals surface area contributed by atoms with Gasteiger partial charge in [0, 0.05) is 6.42 Å². The number of rotatable bonds is 7. The van der Waals surface area contributed by atoms with Gasteiger partial charge in [0.1, 0.15) is 11.6 Å². The summed E-state index contributed by atoms with van der Waals surface area (Å²) < 4.78 is 18.6. The highest BCUT2D eigenvalue weighted by molar-refractivity contribution is 5.98. The van der Waals surface area contributed by atoms with Gasteiger partial charge in [-0.3, -0.25) is 4.79 Å². The average Bonchev–Trinajstić information content (AvgIpc) is 2.34. The maximum Gasteiger partial charge on any atom is 0.166 e. The molecule has 0 saturated heterocycles. The van der Waals surface area contributed by atoms with Crippen LogP contribution in [-0.4, -0.2) is 12.4 Å². The minimum Gasteiger partial charge on any atom is -0.493 e. The molecular weight excluding hydrogens is 219 g/mol. The van der Waals surface area contributed by atoms with Crippen molar-refractivity contribution in [3.05, 3.63) is 29.6 Å². The van der Waals surface area contributed by atoms with Gasteiger partial charge >= 0.3 is 0 Å². The van der Waals surface area contributed by atoms with Crippen molar-refractivity contribution in [1.82, 2.24) is 0 Å². The Morgan fingerprint density at radius 1 is 1.29 bits per heavy atom. The highest BCUT2D eigenvalue weighted by Gasteiger charge is 2.13. The maximum absolute atomic E-state index is 13.1. The van der Waals surface area contributed by atoms with E-state index in [4.69, 9.17) is 4.74 Å². The number of unbranched alkanes of at least 4 members (excludes halogenated alkanes) is 1. The quantitative estimate of drug-likeness (QED) is 0.671. The SMILES string of the molecule is CCCCC(=O)c1cc(F)ccc1OCCC. The van der Waals surface area contributed by atoms with E-state index in [9.17, 15) is 9.18 Å². The van der Waals surface area contributed by atoms with Crippen LogP contribution in [0, 0.1) is 5.82 Å². The Balaban J connectivity index is 2.85. The molecule has 0 aliphatic carbocycles. The molecule has 0 aromatic heterocycles. The standard InChI is InChI=1S/C14H19FO2/c1-3-5-6-13(16)12-10-11(15)7-8-14(12)17-9-4-2/h7-8,10H,3-6,9H2,1-2H3. The van der Waals surface area contributed by atoms with Crippen LogP contribution in [0.25, 0.3) is 0 Å². The van der Waals surface area contributed by atoms with Gasteiger partial charge in [-0.15, -0.1) is 0 Å². The molecule has 17 heavy (non-hydrogen) atoms. The number of benzene rings is 1. The predicted molar refractivity (Wildman–Crippen MR) is 66.0 cm³/mol. The molecule has 0 atom stereocenters. The van der Waals surface area contributed by atoms with Gasteiger partial charge in [-0.1, -0.05) is 20.3 Å². The monoisotopic (exact) mass is 238 g/mol. The van der Waals surface area contributed by atoms with E-state index in [2.05, 4.69) is 0 Å².